The number of rotatable bonds is 3. The Morgan fingerprint density at radius 1 is 1.04 bits per heavy atom. The molecule has 1 aliphatic carbocycles. The van der Waals surface area contributed by atoms with E-state index in [0.29, 0.717) is 18.4 Å². The fourth-order valence-electron chi connectivity index (χ4n) is 3.79. The number of aliphatic hydroxyl groups is 1. The highest BCUT2D eigenvalue weighted by atomic mass is 16.5. The molecule has 5 heteroatoms. The summed E-state index contributed by atoms with van der Waals surface area (Å²) in [4.78, 5) is 6.55. The first kappa shape index (κ1) is 14.9. The van der Waals surface area contributed by atoms with Crippen molar-refractivity contribution in [1.82, 2.24) is 10.1 Å². The number of fused-ring (bicyclic) bond motifs is 1. The summed E-state index contributed by atoms with van der Waals surface area (Å²) >= 11 is 0. The minimum Gasteiger partial charge on any atom is -0.391 e. The average Bonchev–Trinajstić information content (AvgIpc) is 3.38. The monoisotopic (exact) mass is 335 g/mol. The van der Waals surface area contributed by atoms with Crippen molar-refractivity contribution in [1.29, 1.82) is 0 Å². The number of anilines is 1. The van der Waals surface area contributed by atoms with Crippen molar-refractivity contribution >= 4 is 16.7 Å². The molecule has 2 heterocycles. The fourth-order valence-corrected chi connectivity index (χ4v) is 3.79. The smallest absolute Gasteiger partial charge is 0.266 e. The summed E-state index contributed by atoms with van der Waals surface area (Å²) in [6.07, 6.45) is 2.74. The van der Waals surface area contributed by atoms with E-state index in [2.05, 4.69) is 52.6 Å². The molecule has 2 aromatic carbocycles. The standard InChI is InChI=1S/C20H21N3O2/c24-18-12-23(20-21-19(25-22-20)14-6-7-14)10-9-17(18)16-8-5-13-3-1-2-4-15(13)11-16/h1-5,8,11,14,17-18,24H,6-7,9-10,12H2/t17-,18+/m0/s1. The third-order valence-corrected chi connectivity index (χ3v) is 5.42. The van der Waals surface area contributed by atoms with Crippen molar-refractivity contribution in [2.24, 2.45) is 0 Å². The topological polar surface area (TPSA) is 62.4 Å². The van der Waals surface area contributed by atoms with Crippen LogP contribution in [0.25, 0.3) is 10.8 Å². The van der Waals surface area contributed by atoms with Crippen LogP contribution in [0.1, 0.15) is 42.6 Å². The van der Waals surface area contributed by atoms with Crippen molar-refractivity contribution in [3.8, 4) is 0 Å². The lowest BCUT2D eigenvalue weighted by Crippen LogP contribution is -2.43. The lowest BCUT2D eigenvalue weighted by Gasteiger charge is -2.35. The number of nitrogens with zero attached hydrogens (tertiary/aromatic N) is 3. The Kier molecular flexibility index (Phi) is 3.48. The second-order valence-corrected chi connectivity index (χ2v) is 7.22. The molecule has 1 N–H and O–H groups in total. The number of aromatic nitrogens is 2. The molecule has 0 amide bonds. The largest absolute Gasteiger partial charge is 0.391 e. The number of aliphatic hydroxyl groups excluding tert-OH is 1. The van der Waals surface area contributed by atoms with Gasteiger partial charge in [0.25, 0.3) is 5.95 Å². The van der Waals surface area contributed by atoms with Gasteiger partial charge in [-0.3, -0.25) is 0 Å². The highest BCUT2D eigenvalue weighted by molar-refractivity contribution is 5.83. The second kappa shape index (κ2) is 5.85. The first-order valence-corrected chi connectivity index (χ1v) is 9.03. The molecular weight excluding hydrogens is 314 g/mol. The SMILES string of the molecule is O[C@@H]1CN(c2noc(C3CC3)n2)CC[C@H]1c1ccc2ccccc2c1. The van der Waals surface area contributed by atoms with Gasteiger partial charge in [0, 0.05) is 24.9 Å². The van der Waals surface area contributed by atoms with Gasteiger partial charge in [0.05, 0.1) is 6.10 Å². The third kappa shape index (κ3) is 2.78. The van der Waals surface area contributed by atoms with Crippen LogP contribution < -0.4 is 4.90 Å². The summed E-state index contributed by atoms with van der Waals surface area (Å²) in [5, 5.41) is 17.3. The molecule has 128 valence electrons. The van der Waals surface area contributed by atoms with Crippen molar-refractivity contribution < 1.29 is 9.63 Å². The molecule has 0 unspecified atom stereocenters. The van der Waals surface area contributed by atoms with E-state index in [1.54, 1.807) is 0 Å². The molecule has 3 aromatic rings. The lowest BCUT2D eigenvalue weighted by molar-refractivity contribution is 0.129. The van der Waals surface area contributed by atoms with Crippen LogP contribution >= 0.6 is 0 Å². The summed E-state index contributed by atoms with van der Waals surface area (Å²) in [7, 11) is 0. The van der Waals surface area contributed by atoms with Gasteiger partial charge in [0.15, 0.2) is 0 Å². The number of piperidine rings is 1. The van der Waals surface area contributed by atoms with E-state index in [9.17, 15) is 5.11 Å². The quantitative estimate of drug-likeness (QED) is 0.794. The van der Waals surface area contributed by atoms with Crippen molar-refractivity contribution in [3.05, 3.63) is 53.9 Å². The molecule has 0 bridgehead atoms. The van der Waals surface area contributed by atoms with Gasteiger partial charge < -0.3 is 14.5 Å². The summed E-state index contributed by atoms with van der Waals surface area (Å²) in [5.41, 5.74) is 1.21. The summed E-state index contributed by atoms with van der Waals surface area (Å²) in [6, 6.07) is 14.8. The van der Waals surface area contributed by atoms with E-state index in [0.717, 1.165) is 31.7 Å². The van der Waals surface area contributed by atoms with Crippen molar-refractivity contribution in [2.45, 2.75) is 37.2 Å². The Morgan fingerprint density at radius 2 is 1.88 bits per heavy atom. The highest BCUT2D eigenvalue weighted by Gasteiger charge is 2.33. The van der Waals surface area contributed by atoms with Crippen LogP contribution in [-0.2, 0) is 0 Å². The van der Waals surface area contributed by atoms with Gasteiger partial charge in [-0.1, -0.05) is 42.5 Å². The van der Waals surface area contributed by atoms with Gasteiger partial charge in [0.1, 0.15) is 0 Å². The Balaban J connectivity index is 1.34. The Morgan fingerprint density at radius 3 is 2.68 bits per heavy atom. The number of hydrogen-bond donors (Lipinski definition) is 1. The van der Waals surface area contributed by atoms with Crippen LogP contribution in [0, 0.1) is 0 Å². The first-order chi connectivity index (χ1) is 12.3. The molecule has 2 aliphatic rings. The fraction of sp³-hybridized carbons (Fsp3) is 0.400. The molecule has 5 nitrogen and oxygen atoms in total. The zero-order valence-corrected chi connectivity index (χ0v) is 14.0. The molecule has 1 saturated heterocycles. The van der Waals surface area contributed by atoms with Crippen LogP contribution in [0.4, 0.5) is 5.95 Å². The zero-order valence-electron chi connectivity index (χ0n) is 14.0. The van der Waals surface area contributed by atoms with E-state index in [-0.39, 0.29) is 5.92 Å². The normalized spacial score (nSPS) is 24.0. The minimum atomic E-state index is -0.433. The molecule has 2 atom stereocenters. The molecule has 1 aromatic heterocycles. The third-order valence-electron chi connectivity index (χ3n) is 5.42. The molecule has 5 rings (SSSR count). The Bertz CT molecular complexity index is 903. The summed E-state index contributed by atoms with van der Waals surface area (Å²) < 4.78 is 5.35. The van der Waals surface area contributed by atoms with E-state index in [4.69, 9.17) is 4.52 Å². The second-order valence-electron chi connectivity index (χ2n) is 7.22. The number of benzene rings is 2. The zero-order chi connectivity index (χ0) is 16.8. The van der Waals surface area contributed by atoms with Crippen LogP contribution in [0.3, 0.4) is 0 Å². The van der Waals surface area contributed by atoms with Crippen LogP contribution in [-0.4, -0.2) is 34.4 Å². The van der Waals surface area contributed by atoms with Crippen molar-refractivity contribution in [2.75, 3.05) is 18.0 Å². The average molecular weight is 335 g/mol. The van der Waals surface area contributed by atoms with E-state index < -0.39 is 6.10 Å². The predicted octanol–water partition coefficient (Wildman–Crippen LogP) is 3.46. The van der Waals surface area contributed by atoms with E-state index >= 15 is 0 Å². The predicted molar refractivity (Wildman–Crippen MR) is 95.8 cm³/mol. The highest BCUT2D eigenvalue weighted by Crippen LogP contribution is 2.40. The molecule has 0 radical (unpaired) electrons. The van der Waals surface area contributed by atoms with Crippen LogP contribution in [0.5, 0.6) is 0 Å². The number of β-amino-alcohol motifs (C(OH)–C–C–N with tert-alkyl or cyclic N) is 1. The van der Waals surface area contributed by atoms with E-state index in [1.807, 2.05) is 4.90 Å². The molecule has 1 saturated carbocycles. The van der Waals surface area contributed by atoms with Gasteiger partial charge >= 0.3 is 0 Å². The van der Waals surface area contributed by atoms with Crippen LogP contribution in [0.2, 0.25) is 0 Å². The maximum absolute atomic E-state index is 10.7. The number of hydrogen-bond acceptors (Lipinski definition) is 5. The molecule has 1 aliphatic heterocycles. The summed E-state index contributed by atoms with van der Waals surface area (Å²) in [5.74, 6) is 1.98. The first-order valence-electron chi connectivity index (χ1n) is 9.03. The maximum atomic E-state index is 10.7. The van der Waals surface area contributed by atoms with Gasteiger partial charge in [-0.25, -0.2) is 0 Å². The minimum absolute atomic E-state index is 0.149. The van der Waals surface area contributed by atoms with Gasteiger partial charge in [-0.15, -0.1) is 0 Å². The lowest BCUT2D eigenvalue weighted by atomic mass is 9.86. The maximum Gasteiger partial charge on any atom is 0.266 e. The van der Waals surface area contributed by atoms with Crippen molar-refractivity contribution in [3.63, 3.8) is 0 Å². The van der Waals surface area contributed by atoms with Gasteiger partial charge in [-0.05, 0) is 40.8 Å². The molecular formula is C20H21N3O2. The summed E-state index contributed by atoms with van der Waals surface area (Å²) in [6.45, 7) is 1.37. The molecule has 25 heavy (non-hydrogen) atoms. The van der Waals surface area contributed by atoms with Gasteiger partial charge in [-0.2, -0.15) is 4.98 Å². The Hall–Kier alpha value is -2.40. The Labute approximate surface area is 146 Å². The van der Waals surface area contributed by atoms with Crippen LogP contribution in [0.15, 0.2) is 47.0 Å². The molecule has 2 fully saturated rings. The molecule has 0 spiro atoms. The van der Waals surface area contributed by atoms with Gasteiger partial charge in [0.2, 0.25) is 5.89 Å². The van der Waals surface area contributed by atoms with E-state index in [1.165, 1.54) is 16.3 Å².